The molecule has 1 amide bonds. The van der Waals surface area contributed by atoms with Crippen LogP contribution in [0, 0.1) is 6.92 Å². The Labute approximate surface area is 118 Å². The van der Waals surface area contributed by atoms with Crippen molar-refractivity contribution in [3.8, 4) is 5.75 Å². The molecule has 0 fully saturated rings. The zero-order valence-corrected chi connectivity index (χ0v) is 11.6. The van der Waals surface area contributed by atoms with Crippen molar-refractivity contribution in [2.75, 3.05) is 12.8 Å². The molecule has 4 nitrogen and oxygen atoms in total. The molecule has 0 saturated carbocycles. The van der Waals surface area contributed by atoms with Crippen molar-refractivity contribution in [2.45, 2.75) is 13.5 Å². The number of nitrogen functional groups attached to an aromatic ring is 1. The molecule has 0 aromatic heterocycles. The smallest absolute Gasteiger partial charge is 0.251 e. The molecule has 0 saturated heterocycles. The zero-order valence-electron chi connectivity index (χ0n) is 11.6. The molecular weight excluding hydrogens is 252 g/mol. The Morgan fingerprint density at radius 2 is 2.00 bits per heavy atom. The van der Waals surface area contributed by atoms with Gasteiger partial charge in [0.25, 0.3) is 5.91 Å². The van der Waals surface area contributed by atoms with E-state index in [-0.39, 0.29) is 5.91 Å². The van der Waals surface area contributed by atoms with Crippen molar-refractivity contribution >= 4 is 11.6 Å². The molecule has 2 aromatic carbocycles. The van der Waals surface area contributed by atoms with Crippen LogP contribution in [0.25, 0.3) is 0 Å². The van der Waals surface area contributed by atoms with E-state index in [9.17, 15) is 4.79 Å². The van der Waals surface area contributed by atoms with Gasteiger partial charge in [-0.2, -0.15) is 0 Å². The fourth-order valence-corrected chi connectivity index (χ4v) is 1.91. The number of rotatable bonds is 4. The molecule has 0 bridgehead atoms. The Morgan fingerprint density at radius 1 is 1.25 bits per heavy atom. The van der Waals surface area contributed by atoms with Crippen molar-refractivity contribution in [1.29, 1.82) is 0 Å². The first kappa shape index (κ1) is 13.9. The Morgan fingerprint density at radius 3 is 2.70 bits per heavy atom. The van der Waals surface area contributed by atoms with E-state index in [0.717, 1.165) is 16.9 Å². The number of hydrogen-bond donors (Lipinski definition) is 2. The Hall–Kier alpha value is -2.49. The number of nitrogens with two attached hydrogens (primary N) is 1. The summed E-state index contributed by atoms with van der Waals surface area (Å²) in [6, 6.07) is 12.9. The van der Waals surface area contributed by atoms with E-state index < -0.39 is 0 Å². The van der Waals surface area contributed by atoms with Crippen LogP contribution in [0.15, 0.2) is 42.5 Å². The van der Waals surface area contributed by atoms with E-state index in [0.29, 0.717) is 17.8 Å². The van der Waals surface area contributed by atoms with Crippen LogP contribution in [0.5, 0.6) is 5.75 Å². The highest BCUT2D eigenvalue weighted by Gasteiger charge is 2.08. The van der Waals surface area contributed by atoms with E-state index >= 15 is 0 Å². The van der Waals surface area contributed by atoms with Crippen molar-refractivity contribution in [3.63, 3.8) is 0 Å². The van der Waals surface area contributed by atoms with Crippen LogP contribution in [-0.2, 0) is 6.54 Å². The van der Waals surface area contributed by atoms with Gasteiger partial charge in [0.15, 0.2) is 0 Å². The average molecular weight is 270 g/mol. The third-order valence-electron chi connectivity index (χ3n) is 3.17. The number of aryl methyl sites for hydroxylation is 1. The molecule has 4 heteroatoms. The van der Waals surface area contributed by atoms with E-state index in [1.54, 1.807) is 19.2 Å². The maximum Gasteiger partial charge on any atom is 0.251 e. The summed E-state index contributed by atoms with van der Waals surface area (Å²) in [5, 5.41) is 2.86. The van der Waals surface area contributed by atoms with Gasteiger partial charge in [-0.15, -0.1) is 0 Å². The molecule has 2 rings (SSSR count). The molecule has 0 heterocycles. The van der Waals surface area contributed by atoms with Crippen molar-refractivity contribution < 1.29 is 9.53 Å². The minimum absolute atomic E-state index is 0.150. The lowest BCUT2D eigenvalue weighted by atomic mass is 10.1. The molecule has 0 aliphatic rings. The van der Waals surface area contributed by atoms with Gasteiger partial charge < -0.3 is 15.8 Å². The van der Waals surface area contributed by atoms with Crippen LogP contribution in [-0.4, -0.2) is 13.0 Å². The lowest BCUT2D eigenvalue weighted by Gasteiger charge is -2.10. The highest BCUT2D eigenvalue weighted by atomic mass is 16.5. The predicted octanol–water partition coefficient (Wildman–Crippen LogP) is 2.52. The van der Waals surface area contributed by atoms with E-state index in [1.807, 2.05) is 37.3 Å². The third kappa shape index (κ3) is 3.09. The summed E-state index contributed by atoms with van der Waals surface area (Å²) in [6.45, 7) is 2.32. The number of anilines is 1. The number of amides is 1. The highest BCUT2D eigenvalue weighted by Crippen LogP contribution is 2.17. The number of nitrogens with one attached hydrogen (secondary N) is 1. The minimum atomic E-state index is -0.150. The number of ether oxygens (including phenoxy) is 1. The summed E-state index contributed by atoms with van der Waals surface area (Å²) in [4.78, 5) is 12.1. The van der Waals surface area contributed by atoms with Crippen molar-refractivity contribution in [3.05, 3.63) is 59.2 Å². The van der Waals surface area contributed by atoms with Gasteiger partial charge in [-0.05, 0) is 30.7 Å². The van der Waals surface area contributed by atoms with Gasteiger partial charge in [-0.25, -0.2) is 0 Å². The first-order valence-corrected chi connectivity index (χ1v) is 6.38. The van der Waals surface area contributed by atoms with Gasteiger partial charge in [0.1, 0.15) is 5.75 Å². The third-order valence-corrected chi connectivity index (χ3v) is 3.17. The SMILES string of the molecule is COc1ccccc1CNC(=O)c1ccc(C)c(N)c1. The summed E-state index contributed by atoms with van der Waals surface area (Å²) in [7, 11) is 1.61. The second kappa shape index (κ2) is 6.10. The Kier molecular flexibility index (Phi) is 4.25. The molecule has 0 spiro atoms. The Balaban J connectivity index is 2.06. The normalized spacial score (nSPS) is 10.1. The number of hydrogen-bond acceptors (Lipinski definition) is 3. The van der Waals surface area contributed by atoms with Crippen LogP contribution in [0.2, 0.25) is 0 Å². The predicted molar refractivity (Wildman–Crippen MR) is 79.8 cm³/mol. The lowest BCUT2D eigenvalue weighted by molar-refractivity contribution is 0.0950. The molecule has 20 heavy (non-hydrogen) atoms. The summed E-state index contributed by atoms with van der Waals surface area (Å²) >= 11 is 0. The number of carbonyl (C=O) groups excluding carboxylic acids is 1. The van der Waals surface area contributed by atoms with Gasteiger partial charge in [-0.1, -0.05) is 24.3 Å². The summed E-state index contributed by atoms with van der Waals surface area (Å²) in [5.74, 6) is 0.610. The van der Waals surface area contributed by atoms with E-state index in [4.69, 9.17) is 10.5 Å². The van der Waals surface area contributed by atoms with Crippen molar-refractivity contribution in [1.82, 2.24) is 5.32 Å². The summed E-state index contributed by atoms with van der Waals surface area (Å²) in [6.07, 6.45) is 0. The second-order valence-electron chi connectivity index (χ2n) is 4.57. The molecule has 0 aliphatic carbocycles. The molecule has 0 radical (unpaired) electrons. The first-order valence-electron chi connectivity index (χ1n) is 6.38. The highest BCUT2D eigenvalue weighted by molar-refractivity contribution is 5.95. The van der Waals surface area contributed by atoms with Crippen LogP contribution in [0.4, 0.5) is 5.69 Å². The molecule has 3 N–H and O–H groups in total. The van der Waals surface area contributed by atoms with Crippen LogP contribution >= 0.6 is 0 Å². The minimum Gasteiger partial charge on any atom is -0.496 e. The average Bonchev–Trinajstić information content (AvgIpc) is 2.47. The van der Waals surface area contributed by atoms with Crippen molar-refractivity contribution in [2.24, 2.45) is 0 Å². The molecule has 104 valence electrons. The van der Waals surface area contributed by atoms with Gasteiger partial charge in [0.2, 0.25) is 0 Å². The molecule has 0 aliphatic heterocycles. The van der Waals surface area contributed by atoms with E-state index in [2.05, 4.69) is 5.32 Å². The quantitative estimate of drug-likeness (QED) is 0.839. The summed E-state index contributed by atoms with van der Waals surface area (Å²) in [5.41, 5.74) is 8.89. The van der Waals surface area contributed by atoms with Gasteiger partial charge >= 0.3 is 0 Å². The monoisotopic (exact) mass is 270 g/mol. The number of methoxy groups -OCH3 is 1. The van der Waals surface area contributed by atoms with Gasteiger partial charge in [-0.3, -0.25) is 4.79 Å². The fourth-order valence-electron chi connectivity index (χ4n) is 1.91. The zero-order chi connectivity index (χ0) is 14.5. The lowest BCUT2D eigenvalue weighted by Crippen LogP contribution is -2.23. The topological polar surface area (TPSA) is 64.3 Å². The van der Waals surface area contributed by atoms with Crippen LogP contribution in [0.1, 0.15) is 21.5 Å². The molecule has 0 atom stereocenters. The standard InChI is InChI=1S/C16H18N2O2/c1-11-7-8-12(9-14(11)17)16(19)18-10-13-5-3-4-6-15(13)20-2/h3-9H,10,17H2,1-2H3,(H,18,19). The van der Waals surface area contributed by atoms with Crippen LogP contribution in [0.3, 0.4) is 0 Å². The summed E-state index contributed by atoms with van der Waals surface area (Å²) < 4.78 is 5.25. The maximum absolute atomic E-state index is 12.1. The second-order valence-corrected chi connectivity index (χ2v) is 4.57. The molecule has 0 unspecified atom stereocenters. The van der Waals surface area contributed by atoms with Gasteiger partial charge in [0, 0.05) is 23.4 Å². The fraction of sp³-hybridized carbons (Fsp3) is 0.188. The maximum atomic E-state index is 12.1. The number of carbonyl (C=O) groups is 1. The first-order chi connectivity index (χ1) is 9.61. The number of benzene rings is 2. The van der Waals surface area contributed by atoms with E-state index in [1.165, 1.54) is 0 Å². The van der Waals surface area contributed by atoms with Crippen LogP contribution < -0.4 is 15.8 Å². The number of para-hydroxylation sites is 1. The molecular formula is C16H18N2O2. The van der Waals surface area contributed by atoms with Gasteiger partial charge in [0.05, 0.1) is 7.11 Å². The largest absolute Gasteiger partial charge is 0.496 e. The molecule has 2 aromatic rings. The Bertz CT molecular complexity index is 624.